The highest BCUT2D eigenvalue weighted by Crippen LogP contribution is 2.29. The van der Waals surface area contributed by atoms with Crippen LogP contribution in [0.5, 0.6) is 0 Å². The smallest absolute Gasteiger partial charge is 0.144 e. The third kappa shape index (κ3) is 1.54. The molecular weight excluding hydrogens is 174 g/mol. The van der Waals surface area contributed by atoms with Crippen molar-refractivity contribution in [2.75, 3.05) is 0 Å². The van der Waals surface area contributed by atoms with E-state index in [2.05, 4.69) is 6.07 Å². The quantitative estimate of drug-likeness (QED) is 0.681. The zero-order chi connectivity index (χ0) is 10.6. The molecule has 1 aromatic rings. The van der Waals surface area contributed by atoms with Gasteiger partial charge in [0.2, 0.25) is 0 Å². The van der Waals surface area contributed by atoms with Crippen molar-refractivity contribution in [3.8, 4) is 6.07 Å². The zero-order valence-electron chi connectivity index (χ0n) is 8.40. The summed E-state index contributed by atoms with van der Waals surface area (Å²) in [6.45, 7) is 3.76. The van der Waals surface area contributed by atoms with E-state index in [0.717, 1.165) is 11.8 Å². The van der Waals surface area contributed by atoms with Gasteiger partial charge in [-0.1, -0.05) is 44.2 Å². The van der Waals surface area contributed by atoms with Gasteiger partial charge in [0.15, 0.2) is 0 Å². The normalized spacial score (nSPS) is 14.4. The molecule has 0 aliphatic heterocycles. The van der Waals surface area contributed by atoms with Gasteiger partial charge in [0.1, 0.15) is 11.7 Å². The highest BCUT2D eigenvalue weighted by molar-refractivity contribution is 5.73. The lowest BCUT2D eigenvalue weighted by molar-refractivity contribution is -0.112. The van der Waals surface area contributed by atoms with Crippen molar-refractivity contribution in [2.24, 2.45) is 5.92 Å². The molecule has 2 heteroatoms. The number of hydrogen-bond donors (Lipinski definition) is 0. The van der Waals surface area contributed by atoms with E-state index in [1.54, 1.807) is 0 Å². The Morgan fingerprint density at radius 1 is 1.36 bits per heavy atom. The highest BCUT2D eigenvalue weighted by atomic mass is 16.1. The summed E-state index contributed by atoms with van der Waals surface area (Å²) in [4.78, 5) is 11.1. The molecule has 0 heterocycles. The molecule has 1 aromatic carbocycles. The molecule has 0 saturated heterocycles. The van der Waals surface area contributed by atoms with Crippen molar-refractivity contribution in [1.82, 2.24) is 0 Å². The van der Waals surface area contributed by atoms with Crippen LogP contribution in [0.1, 0.15) is 19.4 Å². The van der Waals surface area contributed by atoms with E-state index in [-0.39, 0.29) is 5.92 Å². The molecule has 0 amide bonds. The largest absolute Gasteiger partial charge is 0.301 e. The summed E-state index contributed by atoms with van der Waals surface area (Å²) in [6.07, 6.45) is 0.743. The fourth-order valence-corrected chi connectivity index (χ4v) is 1.47. The summed E-state index contributed by atoms with van der Waals surface area (Å²) in [7, 11) is 0. The second-order valence-electron chi connectivity index (χ2n) is 3.62. The molecule has 2 nitrogen and oxygen atoms in total. The molecule has 0 bridgehead atoms. The fourth-order valence-electron chi connectivity index (χ4n) is 1.47. The van der Waals surface area contributed by atoms with Crippen LogP contribution in [0.4, 0.5) is 0 Å². The topological polar surface area (TPSA) is 40.9 Å². The van der Waals surface area contributed by atoms with Gasteiger partial charge in [-0.15, -0.1) is 0 Å². The van der Waals surface area contributed by atoms with E-state index in [9.17, 15) is 4.79 Å². The molecule has 0 aromatic heterocycles. The van der Waals surface area contributed by atoms with E-state index in [1.165, 1.54) is 0 Å². The molecule has 1 rings (SSSR count). The minimum Gasteiger partial charge on any atom is -0.301 e. The first-order valence-electron chi connectivity index (χ1n) is 4.60. The Labute approximate surface area is 84.2 Å². The maximum absolute atomic E-state index is 11.1. The zero-order valence-corrected chi connectivity index (χ0v) is 8.40. The lowest BCUT2D eigenvalue weighted by Crippen LogP contribution is -2.32. The van der Waals surface area contributed by atoms with E-state index in [0.29, 0.717) is 0 Å². The van der Waals surface area contributed by atoms with Gasteiger partial charge in [0.05, 0.1) is 6.07 Å². The van der Waals surface area contributed by atoms with Crippen LogP contribution >= 0.6 is 0 Å². The van der Waals surface area contributed by atoms with Crippen molar-refractivity contribution >= 4 is 6.29 Å². The van der Waals surface area contributed by atoms with Crippen molar-refractivity contribution in [1.29, 1.82) is 5.26 Å². The van der Waals surface area contributed by atoms with Gasteiger partial charge < -0.3 is 4.79 Å². The van der Waals surface area contributed by atoms with Crippen LogP contribution < -0.4 is 0 Å². The maximum Gasteiger partial charge on any atom is 0.144 e. The van der Waals surface area contributed by atoms with E-state index < -0.39 is 5.41 Å². The molecule has 0 radical (unpaired) electrons. The van der Waals surface area contributed by atoms with Crippen LogP contribution in [-0.4, -0.2) is 6.29 Å². The Morgan fingerprint density at radius 3 is 2.29 bits per heavy atom. The predicted octanol–water partition coefficient (Wildman–Crippen LogP) is 2.30. The van der Waals surface area contributed by atoms with E-state index >= 15 is 0 Å². The maximum atomic E-state index is 11.1. The molecule has 1 atom stereocenters. The minimum absolute atomic E-state index is 0.0209. The molecule has 14 heavy (non-hydrogen) atoms. The second-order valence-corrected chi connectivity index (χ2v) is 3.62. The highest BCUT2D eigenvalue weighted by Gasteiger charge is 2.35. The summed E-state index contributed by atoms with van der Waals surface area (Å²) in [5.41, 5.74) is -0.228. The average Bonchev–Trinajstić information content (AvgIpc) is 2.22. The number of rotatable bonds is 3. The van der Waals surface area contributed by atoms with Crippen molar-refractivity contribution in [2.45, 2.75) is 19.3 Å². The van der Waals surface area contributed by atoms with E-state index in [1.807, 2.05) is 44.2 Å². The standard InChI is InChI=1S/C12H13NO/c1-10(2)12(8-13,9-14)11-6-4-3-5-7-11/h3-7,9-10H,1-2H3. The summed E-state index contributed by atoms with van der Waals surface area (Å²) in [6, 6.07) is 11.3. The number of nitriles is 1. The van der Waals surface area contributed by atoms with Gasteiger partial charge in [-0.3, -0.25) is 0 Å². The molecule has 0 fully saturated rings. The number of nitrogens with zero attached hydrogens (tertiary/aromatic N) is 1. The lowest BCUT2D eigenvalue weighted by atomic mass is 9.74. The van der Waals surface area contributed by atoms with Crippen molar-refractivity contribution < 1.29 is 4.79 Å². The first kappa shape index (κ1) is 10.5. The Bertz CT molecular complexity index is 350. The number of benzene rings is 1. The van der Waals surface area contributed by atoms with Crippen LogP contribution in [0.2, 0.25) is 0 Å². The Kier molecular flexibility index (Phi) is 3.03. The van der Waals surface area contributed by atoms with Crippen LogP contribution in [-0.2, 0) is 10.2 Å². The van der Waals surface area contributed by atoms with Crippen LogP contribution in [0.3, 0.4) is 0 Å². The summed E-state index contributed by atoms with van der Waals surface area (Å²) >= 11 is 0. The van der Waals surface area contributed by atoms with Crippen molar-refractivity contribution in [3.05, 3.63) is 35.9 Å². The second kappa shape index (κ2) is 4.06. The molecule has 0 N–H and O–H groups in total. The predicted molar refractivity (Wildman–Crippen MR) is 54.6 cm³/mol. The Balaban J connectivity index is 3.27. The van der Waals surface area contributed by atoms with Crippen molar-refractivity contribution in [3.63, 3.8) is 0 Å². The fraction of sp³-hybridized carbons (Fsp3) is 0.333. The first-order valence-corrected chi connectivity index (χ1v) is 4.60. The van der Waals surface area contributed by atoms with Gasteiger partial charge in [0, 0.05) is 0 Å². The Hall–Kier alpha value is -1.62. The van der Waals surface area contributed by atoms with Gasteiger partial charge in [-0.25, -0.2) is 0 Å². The lowest BCUT2D eigenvalue weighted by Gasteiger charge is -2.24. The number of carbonyl (C=O) groups is 1. The summed E-state index contributed by atoms with van der Waals surface area (Å²) < 4.78 is 0. The Morgan fingerprint density at radius 2 is 1.93 bits per heavy atom. The van der Waals surface area contributed by atoms with Crippen LogP contribution in [0.15, 0.2) is 30.3 Å². The third-order valence-electron chi connectivity index (χ3n) is 2.53. The third-order valence-corrected chi connectivity index (χ3v) is 2.53. The van der Waals surface area contributed by atoms with E-state index in [4.69, 9.17) is 5.26 Å². The molecule has 0 aliphatic rings. The monoisotopic (exact) mass is 187 g/mol. The molecule has 0 aliphatic carbocycles. The van der Waals surface area contributed by atoms with Gasteiger partial charge in [-0.05, 0) is 11.5 Å². The van der Waals surface area contributed by atoms with Crippen LogP contribution in [0.25, 0.3) is 0 Å². The average molecular weight is 187 g/mol. The molecule has 0 saturated carbocycles. The molecule has 0 spiro atoms. The van der Waals surface area contributed by atoms with Gasteiger partial charge in [-0.2, -0.15) is 5.26 Å². The molecule has 1 unspecified atom stereocenters. The first-order chi connectivity index (χ1) is 6.67. The number of aldehydes is 1. The molecular formula is C12H13NO. The summed E-state index contributed by atoms with van der Waals surface area (Å²) in [5, 5.41) is 9.12. The van der Waals surface area contributed by atoms with Gasteiger partial charge in [0.25, 0.3) is 0 Å². The van der Waals surface area contributed by atoms with Gasteiger partial charge >= 0.3 is 0 Å². The number of hydrogen-bond acceptors (Lipinski definition) is 2. The SMILES string of the molecule is CC(C)C(C#N)(C=O)c1ccccc1. The summed E-state index contributed by atoms with van der Waals surface area (Å²) in [5.74, 6) is -0.0209. The molecule has 72 valence electrons. The minimum atomic E-state index is -0.999. The van der Waals surface area contributed by atoms with Crippen LogP contribution in [0, 0.1) is 17.2 Å². The number of carbonyl (C=O) groups excluding carboxylic acids is 1.